The van der Waals surface area contributed by atoms with Gasteiger partial charge in [0.25, 0.3) is 0 Å². The quantitative estimate of drug-likeness (QED) is 0.838. The van der Waals surface area contributed by atoms with E-state index in [0.717, 1.165) is 0 Å². The Hall–Kier alpha value is -2.35. The molecule has 0 spiro atoms. The first-order valence-electron chi connectivity index (χ1n) is 7.85. The summed E-state index contributed by atoms with van der Waals surface area (Å²) in [5.74, 6) is -0.173. The van der Waals surface area contributed by atoms with Gasteiger partial charge in [-0.05, 0) is 18.2 Å². The van der Waals surface area contributed by atoms with E-state index in [1.54, 1.807) is 29.2 Å². The van der Waals surface area contributed by atoms with E-state index in [2.05, 4.69) is 5.32 Å². The van der Waals surface area contributed by atoms with Crippen molar-refractivity contribution in [1.82, 2.24) is 5.32 Å². The third kappa shape index (κ3) is 3.59. The van der Waals surface area contributed by atoms with Gasteiger partial charge in [0.2, 0.25) is 5.91 Å². The SMILES string of the molecule is CC(=O)NCC1CN(c2cccc(N3CCOCC3F)c2)C(=O)O1. The highest BCUT2D eigenvalue weighted by molar-refractivity contribution is 5.90. The third-order valence-electron chi connectivity index (χ3n) is 4.00. The number of amides is 2. The van der Waals surface area contributed by atoms with Crippen LogP contribution in [0.5, 0.6) is 0 Å². The first-order valence-corrected chi connectivity index (χ1v) is 7.85. The predicted molar refractivity (Wildman–Crippen MR) is 85.8 cm³/mol. The Balaban J connectivity index is 1.71. The highest BCUT2D eigenvalue weighted by atomic mass is 19.1. The minimum atomic E-state index is -1.20. The molecule has 2 amide bonds. The highest BCUT2D eigenvalue weighted by Crippen LogP contribution is 2.28. The van der Waals surface area contributed by atoms with Gasteiger partial charge in [-0.3, -0.25) is 9.69 Å². The number of cyclic esters (lactones) is 1. The Kier molecular flexibility index (Phi) is 4.84. The summed E-state index contributed by atoms with van der Waals surface area (Å²) in [5.41, 5.74) is 1.34. The van der Waals surface area contributed by atoms with Gasteiger partial charge < -0.3 is 19.7 Å². The fourth-order valence-electron chi connectivity index (χ4n) is 2.80. The molecule has 2 unspecified atom stereocenters. The zero-order valence-corrected chi connectivity index (χ0v) is 13.4. The average Bonchev–Trinajstić information content (AvgIpc) is 2.94. The first kappa shape index (κ1) is 16.5. The van der Waals surface area contributed by atoms with E-state index in [1.165, 1.54) is 11.8 Å². The van der Waals surface area contributed by atoms with Gasteiger partial charge in [-0.25, -0.2) is 9.18 Å². The minimum Gasteiger partial charge on any atom is -0.442 e. The van der Waals surface area contributed by atoms with Crippen LogP contribution >= 0.6 is 0 Å². The Labute approximate surface area is 139 Å². The van der Waals surface area contributed by atoms with Gasteiger partial charge in [0.05, 0.1) is 26.3 Å². The second kappa shape index (κ2) is 7.04. The van der Waals surface area contributed by atoms with E-state index < -0.39 is 18.5 Å². The minimum absolute atomic E-state index is 0.0365. The summed E-state index contributed by atoms with van der Waals surface area (Å²) in [4.78, 5) is 26.1. The molecule has 2 atom stereocenters. The zero-order valence-electron chi connectivity index (χ0n) is 13.4. The van der Waals surface area contributed by atoms with Crippen molar-refractivity contribution in [3.63, 3.8) is 0 Å². The average molecular weight is 337 g/mol. The maximum atomic E-state index is 14.0. The van der Waals surface area contributed by atoms with Crippen LogP contribution in [0.3, 0.4) is 0 Å². The number of carbonyl (C=O) groups is 2. The Morgan fingerprint density at radius 2 is 2.21 bits per heavy atom. The summed E-state index contributed by atoms with van der Waals surface area (Å²) in [6.07, 6.45) is -2.07. The number of nitrogens with zero attached hydrogens (tertiary/aromatic N) is 2. The highest BCUT2D eigenvalue weighted by Gasteiger charge is 2.33. The number of carbonyl (C=O) groups excluding carboxylic acids is 2. The lowest BCUT2D eigenvalue weighted by atomic mass is 10.2. The standard InChI is InChI=1S/C16H20FN3O4/c1-11(21)18-8-14-9-20(16(22)24-14)13-4-2-3-12(7-13)19-5-6-23-10-15(19)17/h2-4,7,14-15H,5-6,8-10H2,1H3,(H,18,21). The van der Waals surface area contributed by atoms with Crippen molar-refractivity contribution in [3.8, 4) is 0 Å². The van der Waals surface area contributed by atoms with E-state index in [4.69, 9.17) is 9.47 Å². The summed E-state index contributed by atoms with van der Waals surface area (Å²) in [5, 5.41) is 2.63. The molecule has 7 nitrogen and oxygen atoms in total. The van der Waals surface area contributed by atoms with Gasteiger partial charge in [0.1, 0.15) is 6.10 Å². The number of ether oxygens (including phenoxy) is 2. The molecule has 2 fully saturated rings. The van der Waals surface area contributed by atoms with Crippen LogP contribution in [0.25, 0.3) is 0 Å². The van der Waals surface area contributed by atoms with Gasteiger partial charge in [-0.15, -0.1) is 0 Å². The van der Waals surface area contributed by atoms with Crippen LogP contribution in [0.2, 0.25) is 0 Å². The van der Waals surface area contributed by atoms with Crippen molar-refractivity contribution < 1.29 is 23.5 Å². The molecule has 8 heteroatoms. The van der Waals surface area contributed by atoms with Gasteiger partial charge in [-0.2, -0.15) is 0 Å². The summed E-state index contributed by atoms with van der Waals surface area (Å²) >= 11 is 0. The number of halogens is 1. The van der Waals surface area contributed by atoms with Gasteiger partial charge in [-0.1, -0.05) is 6.07 Å². The number of hydrogen-bond donors (Lipinski definition) is 1. The van der Waals surface area contributed by atoms with Crippen LogP contribution in [0.4, 0.5) is 20.6 Å². The molecule has 3 rings (SSSR count). The maximum absolute atomic E-state index is 14.0. The van der Waals surface area contributed by atoms with Crippen molar-refractivity contribution in [2.45, 2.75) is 19.3 Å². The lowest BCUT2D eigenvalue weighted by molar-refractivity contribution is -0.119. The molecular formula is C16H20FN3O4. The molecule has 0 bridgehead atoms. The number of anilines is 2. The van der Waals surface area contributed by atoms with E-state index in [-0.39, 0.29) is 19.1 Å². The summed E-state index contributed by atoms with van der Waals surface area (Å²) < 4.78 is 24.4. The van der Waals surface area contributed by atoms with Gasteiger partial charge in [0, 0.05) is 24.8 Å². The van der Waals surface area contributed by atoms with E-state index >= 15 is 0 Å². The molecule has 1 aromatic rings. The first-order chi connectivity index (χ1) is 11.5. The normalized spacial score (nSPS) is 24.0. The molecular weight excluding hydrogens is 317 g/mol. The topological polar surface area (TPSA) is 71.1 Å². The van der Waals surface area contributed by atoms with E-state index in [1.807, 2.05) is 0 Å². The fourth-order valence-corrected chi connectivity index (χ4v) is 2.80. The predicted octanol–water partition coefficient (Wildman–Crippen LogP) is 1.28. The second-order valence-electron chi connectivity index (χ2n) is 5.78. The van der Waals surface area contributed by atoms with Crippen molar-refractivity contribution >= 4 is 23.4 Å². The summed E-state index contributed by atoms with van der Waals surface area (Å²) in [6, 6.07) is 7.12. The molecule has 130 valence electrons. The van der Waals surface area contributed by atoms with Crippen LogP contribution in [-0.2, 0) is 14.3 Å². The second-order valence-corrected chi connectivity index (χ2v) is 5.78. The third-order valence-corrected chi connectivity index (χ3v) is 4.00. The molecule has 2 aliphatic heterocycles. The largest absolute Gasteiger partial charge is 0.442 e. The van der Waals surface area contributed by atoms with Crippen LogP contribution < -0.4 is 15.1 Å². The van der Waals surface area contributed by atoms with Crippen molar-refractivity contribution in [2.24, 2.45) is 0 Å². The van der Waals surface area contributed by atoms with Crippen LogP contribution in [-0.4, -0.2) is 57.2 Å². The number of rotatable bonds is 4. The van der Waals surface area contributed by atoms with Crippen LogP contribution in [0.15, 0.2) is 24.3 Å². The van der Waals surface area contributed by atoms with Gasteiger partial charge >= 0.3 is 6.09 Å². The molecule has 2 heterocycles. The molecule has 0 aromatic heterocycles. The van der Waals surface area contributed by atoms with Crippen molar-refractivity contribution in [1.29, 1.82) is 0 Å². The molecule has 1 N–H and O–H groups in total. The fraction of sp³-hybridized carbons (Fsp3) is 0.500. The van der Waals surface area contributed by atoms with Crippen LogP contribution in [0.1, 0.15) is 6.92 Å². The molecule has 24 heavy (non-hydrogen) atoms. The summed E-state index contributed by atoms with van der Waals surface area (Å²) in [6.45, 7) is 2.98. The lowest BCUT2D eigenvalue weighted by Crippen LogP contribution is -2.43. The number of alkyl halides is 1. The molecule has 2 saturated heterocycles. The summed E-state index contributed by atoms with van der Waals surface area (Å²) in [7, 11) is 0. The lowest BCUT2D eigenvalue weighted by Gasteiger charge is -2.32. The van der Waals surface area contributed by atoms with E-state index in [0.29, 0.717) is 31.1 Å². The number of morpholine rings is 1. The smallest absolute Gasteiger partial charge is 0.414 e. The van der Waals surface area contributed by atoms with Crippen molar-refractivity contribution in [2.75, 3.05) is 42.6 Å². The molecule has 0 saturated carbocycles. The number of hydrogen-bond acceptors (Lipinski definition) is 5. The van der Waals surface area contributed by atoms with E-state index in [9.17, 15) is 14.0 Å². The van der Waals surface area contributed by atoms with Crippen LogP contribution in [0, 0.1) is 0 Å². The molecule has 2 aliphatic rings. The molecule has 0 radical (unpaired) electrons. The zero-order chi connectivity index (χ0) is 17.1. The Bertz CT molecular complexity index is 627. The monoisotopic (exact) mass is 337 g/mol. The molecule has 1 aromatic carbocycles. The molecule has 0 aliphatic carbocycles. The van der Waals surface area contributed by atoms with Gasteiger partial charge in [0.15, 0.2) is 6.30 Å². The Morgan fingerprint density at radius 3 is 2.96 bits per heavy atom. The maximum Gasteiger partial charge on any atom is 0.414 e. The number of nitrogens with one attached hydrogen (secondary N) is 1. The Morgan fingerprint density at radius 1 is 1.42 bits per heavy atom. The van der Waals surface area contributed by atoms with Crippen molar-refractivity contribution in [3.05, 3.63) is 24.3 Å². The number of benzene rings is 1.